The molecule has 0 radical (unpaired) electrons. The summed E-state index contributed by atoms with van der Waals surface area (Å²) in [6.45, 7) is 5.34. The number of nitrogens with one attached hydrogen (secondary N) is 1. The van der Waals surface area contributed by atoms with Gasteiger partial charge >= 0.3 is 0 Å². The van der Waals surface area contributed by atoms with E-state index >= 15 is 0 Å². The van der Waals surface area contributed by atoms with Gasteiger partial charge in [-0.1, -0.05) is 11.6 Å². The molecule has 2 aromatic rings. The van der Waals surface area contributed by atoms with E-state index in [0.717, 1.165) is 11.8 Å². The standard InChI is InChI=1S/C16H18ClFN2O2S/c1-10-13(16(2,3)20-23(4,21)22)9-14(17)19-15(10)11-5-7-12(18)8-6-11/h5-9,20H,1-4H3. The summed E-state index contributed by atoms with van der Waals surface area (Å²) >= 11 is 6.12. The van der Waals surface area contributed by atoms with E-state index in [1.165, 1.54) is 12.1 Å². The van der Waals surface area contributed by atoms with Gasteiger partial charge in [-0.05, 0) is 62.2 Å². The predicted molar refractivity (Wildman–Crippen MR) is 90.4 cm³/mol. The van der Waals surface area contributed by atoms with E-state index in [9.17, 15) is 12.8 Å². The third kappa shape index (κ3) is 4.28. The predicted octanol–water partition coefficient (Wildman–Crippen LogP) is 3.63. The van der Waals surface area contributed by atoms with E-state index in [4.69, 9.17) is 11.6 Å². The van der Waals surface area contributed by atoms with Crippen LogP contribution in [0.4, 0.5) is 4.39 Å². The Hall–Kier alpha value is -1.50. The number of pyridine rings is 1. The van der Waals surface area contributed by atoms with Crippen molar-refractivity contribution in [1.82, 2.24) is 9.71 Å². The molecule has 0 aliphatic heterocycles. The highest BCUT2D eigenvalue weighted by atomic mass is 35.5. The third-order valence-corrected chi connectivity index (χ3v) is 4.55. The first-order valence-electron chi connectivity index (χ1n) is 6.92. The molecule has 0 saturated heterocycles. The molecule has 7 heteroatoms. The molecule has 0 aliphatic carbocycles. The van der Waals surface area contributed by atoms with Crippen LogP contribution in [0.1, 0.15) is 25.0 Å². The lowest BCUT2D eigenvalue weighted by molar-refractivity contribution is 0.472. The van der Waals surface area contributed by atoms with Crippen molar-refractivity contribution in [3.8, 4) is 11.3 Å². The highest BCUT2D eigenvalue weighted by Gasteiger charge is 2.28. The van der Waals surface area contributed by atoms with Crippen LogP contribution in [-0.4, -0.2) is 19.7 Å². The number of benzene rings is 1. The first kappa shape index (κ1) is 17.8. The van der Waals surface area contributed by atoms with E-state index in [2.05, 4.69) is 9.71 Å². The highest BCUT2D eigenvalue weighted by molar-refractivity contribution is 7.88. The lowest BCUT2D eigenvalue weighted by atomic mass is 9.90. The summed E-state index contributed by atoms with van der Waals surface area (Å²) in [7, 11) is -3.41. The molecule has 1 aromatic carbocycles. The minimum atomic E-state index is -3.41. The Kier molecular flexibility index (Phi) is 4.80. The molecule has 1 N–H and O–H groups in total. The van der Waals surface area contributed by atoms with Gasteiger partial charge in [-0.3, -0.25) is 0 Å². The van der Waals surface area contributed by atoms with Gasteiger partial charge in [-0.2, -0.15) is 0 Å². The largest absolute Gasteiger partial charge is 0.236 e. The summed E-state index contributed by atoms with van der Waals surface area (Å²) in [5, 5.41) is 0.244. The smallest absolute Gasteiger partial charge is 0.209 e. The molecule has 2 rings (SSSR count). The van der Waals surface area contributed by atoms with E-state index < -0.39 is 15.6 Å². The summed E-state index contributed by atoms with van der Waals surface area (Å²) in [6.07, 6.45) is 1.10. The van der Waals surface area contributed by atoms with Crippen molar-refractivity contribution in [2.24, 2.45) is 0 Å². The van der Waals surface area contributed by atoms with Gasteiger partial charge in [0.25, 0.3) is 0 Å². The zero-order valence-electron chi connectivity index (χ0n) is 13.3. The fourth-order valence-corrected chi connectivity index (χ4v) is 3.86. The molecule has 23 heavy (non-hydrogen) atoms. The van der Waals surface area contributed by atoms with E-state index in [-0.39, 0.29) is 11.0 Å². The molecular weight excluding hydrogens is 339 g/mol. The molecule has 0 atom stereocenters. The monoisotopic (exact) mass is 356 g/mol. The van der Waals surface area contributed by atoms with Gasteiger partial charge in [0, 0.05) is 5.56 Å². The molecule has 0 fully saturated rings. The van der Waals surface area contributed by atoms with Gasteiger partial charge < -0.3 is 0 Å². The Balaban J connectivity index is 2.61. The molecule has 4 nitrogen and oxygen atoms in total. The molecule has 0 saturated carbocycles. The average Bonchev–Trinajstić information content (AvgIpc) is 2.39. The highest BCUT2D eigenvalue weighted by Crippen LogP contribution is 2.32. The Morgan fingerprint density at radius 2 is 1.78 bits per heavy atom. The lowest BCUT2D eigenvalue weighted by Gasteiger charge is -2.28. The molecule has 0 spiro atoms. The first-order valence-corrected chi connectivity index (χ1v) is 9.19. The average molecular weight is 357 g/mol. The maximum atomic E-state index is 13.1. The number of halogens is 2. The maximum absolute atomic E-state index is 13.1. The van der Waals surface area contributed by atoms with Crippen LogP contribution in [-0.2, 0) is 15.6 Å². The quantitative estimate of drug-likeness (QED) is 0.851. The maximum Gasteiger partial charge on any atom is 0.209 e. The minimum absolute atomic E-state index is 0.244. The second-order valence-corrected chi connectivity index (χ2v) is 8.11. The summed E-state index contributed by atoms with van der Waals surface area (Å²) in [5.74, 6) is -0.340. The van der Waals surface area contributed by atoms with Crippen LogP contribution < -0.4 is 4.72 Å². The van der Waals surface area contributed by atoms with Crippen molar-refractivity contribution in [3.63, 3.8) is 0 Å². The van der Waals surface area contributed by atoms with Crippen molar-refractivity contribution < 1.29 is 12.8 Å². The Labute approximate surface area is 140 Å². The van der Waals surface area contributed by atoms with Crippen molar-refractivity contribution in [1.29, 1.82) is 0 Å². The zero-order chi connectivity index (χ0) is 17.4. The normalized spacial score (nSPS) is 12.4. The van der Waals surface area contributed by atoms with Gasteiger partial charge in [0.15, 0.2) is 0 Å². The molecule has 0 unspecified atom stereocenters. The summed E-state index contributed by atoms with van der Waals surface area (Å²) in [6, 6.07) is 7.56. The van der Waals surface area contributed by atoms with Crippen LogP contribution in [0.5, 0.6) is 0 Å². The van der Waals surface area contributed by atoms with Gasteiger partial charge in [-0.25, -0.2) is 22.5 Å². The molecule has 124 valence electrons. The lowest BCUT2D eigenvalue weighted by Crippen LogP contribution is -2.40. The number of sulfonamides is 1. The fraction of sp³-hybridized carbons (Fsp3) is 0.312. The number of hydrogen-bond acceptors (Lipinski definition) is 3. The number of aromatic nitrogens is 1. The van der Waals surface area contributed by atoms with Crippen molar-refractivity contribution in [2.75, 3.05) is 6.26 Å². The zero-order valence-corrected chi connectivity index (χ0v) is 14.9. The van der Waals surface area contributed by atoms with Gasteiger partial charge in [0.05, 0.1) is 17.5 Å². The van der Waals surface area contributed by atoms with Crippen molar-refractivity contribution in [3.05, 3.63) is 52.4 Å². The number of nitrogens with zero attached hydrogens (tertiary/aromatic N) is 1. The number of rotatable bonds is 4. The Bertz CT molecular complexity index is 834. The second kappa shape index (κ2) is 6.19. The minimum Gasteiger partial charge on any atom is -0.236 e. The topological polar surface area (TPSA) is 59.1 Å². The molecular formula is C16H18ClFN2O2S. The first-order chi connectivity index (χ1) is 10.5. The summed E-state index contributed by atoms with van der Waals surface area (Å²) in [5.41, 5.74) is 1.93. The Morgan fingerprint density at radius 3 is 2.30 bits per heavy atom. The molecule has 0 aliphatic rings. The Morgan fingerprint density at radius 1 is 1.22 bits per heavy atom. The molecule has 0 bridgehead atoms. The van der Waals surface area contributed by atoms with Crippen LogP contribution in [0.15, 0.2) is 30.3 Å². The summed E-state index contributed by atoms with van der Waals surface area (Å²) in [4.78, 5) is 4.31. The van der Waals surface area contributed by atoms with Crippen LogP contribution in [0, 0.1) is 12.7 Å². The number of hydrogen-bond donors (Lipinski definition) is 1. The third-order valence-electron chi connectivity index (χ3n) is 3.47. The van der Waals surface area contributed by atoms with E-state index in [1.807, 2.05) is 6.92 Å². The summed E-state index contributed by atoms with van der Waals surface area (Å²) < 4.78 is 38.9. The van der Waals surface area contributed by atoms with E-state index in [1.54, 1.807) is 32.0 Å². The van der Waals surface area contributed by atoms with E-state index in [0.29, 0.717) is 16.8 Å². The fourth-order valence-electron chi connectivity index (χ4n) is 2.63. The molecule has 0 amide bonds. The van der Waals surface area contributed by atoms with Gasteiger partial charge in [0.1, 0.15) is 11.0 Å². The van der Waals surface area contributed by atoms with Crippen LogP contribution in [0.3, 0.4) is 0 Å². The molecule has 1 aromatic heterocycles. The van der Waals surface area contributed by atoms with Crippen LogP contribution in [0.25, 0.3) is 11.3 Å². The SMILES string of the molecule is Cc1c(C(C)(C)NS(C)(=O)=O)cc(Cl)nc1-c1ccc(F)cc1. The van der Waals surface area contributed by atoms with Crippen LogP contribution in [0.2, 0.25) is 5.15 Å². The molecule has 1 heterocycles. The van der Waals surface area contributed by atoms with Gasteiger partial charge in [0.2, 0.25) is 10.0 Å². The van der Waals surface area contributed by atoms with Crippen molar-refractivity contribution >= 4 is 21.6 Å². The van der Waals surface area contributed by atoms with Crippen LogP contribution >= 0.6 is 11.6 Å². The van der Waals surface area contributed by atoms with Crippen molar-refractivity contribution in [2.45, 2.75) is 26.3 Å². The van der Waals surface area contributed by atoms with Gasteiger partial charge in [-0.15, -0.1) is 0 Å². The second-order valence-electron chi connectivity index (χ2n) is 5.97.